The van der Waals surface area contributed by atoms with Crippen LogP contribution in [0.1, 0.15) is 0 Å². The van der Waals surface area contributed by atoms with Gasteiger partial charge in [-0.05, 0) is 0 Å². The molecule has 15 heavy (non-hydrogen) atoms. The van der Waals surface area contributed by atoms with Gasteiger partial charge in [0, 0.05) is 28.4 Å². The van der Waals surface area contributed by atoms with Crippen LogP contribution in [0.25, 0.3) is 0 Å². The molecule has 0 aromatic carbocycles. The fourth-order valence-corrected chi connectivity index (χ4v) is 1.50. The van der Waals surface area contributed by atoms with E-state index < -0.39 is 9.05 Å². The van der Waals surface area contributed by atoms with Crippen molar-refractivity contribution in [3.63, 3.8) is 0 Å². The highest BCUT2D eigenvalue weighted by atomic mass is 28.4. The van der Waals surface area contributed by atoms with Crippen LogP contribution in [0.4, 0.5) is 0 Å². The zero-order chi connectivity index (χ0) is 12.7. The van der Waals surface area contributed by atoms with Gasteiger partial charge in [-0.1, -0.05) is 0 Å². The van der Waals surface area contributed by atoms with Crippen molar-refractivity contribution in [3.8, 4) is 0 Å². The normalized spacial score (nSPS) is 8.27. The van der Waals surface area contributed by atoms with E-state index in [9.17, 15) is 0 Å². The highest BCUT2D eigenvalue weighted by Crippen LogP contribution is 2.04. The molecule has 0 saturated heterocycles. The molecule has 0 heterocycles. The molecule has 9 heteroatoms. The van der Waals surface area contributed by atoms with Gasteiger partial charge in [-0.15, -0.1) is 0 Å². The maximum Gasteiger partial charge on any atom is 0.678 e. The summed E-state index contributed by atoms with van der Waals surface area (Å²) < 4.78 is 19.4. The molecule has 0 radical (unpaired) electrons. The van der Waals surface area contributed by atoms with Gasteiger partial charge in [0.1, 0.15) is 0 Å². The van der Waals surface area contributed by atoms with Gasteiger partial charge in [0.25, 0.3) is 0 Å². The maximum absolute atomic E-state index is 8.35. The van der Waals surface area contributed by atoms with E-state index in [-0.39, 0.29) is 0 Å². The summed E-state index contributed by atoms with van der Waals surface area (Å²) in [6, 6.07) is 0. The van der Waals surface area contributed by atoms with Crippen LogP contribution in [-0.2, 0) is 27.3 Å². The van der Waals surface area contributed by atoms with Crippen molar-refractivity contribution in [2.45, 2.75) is 0 Å². The second kappa shape index (κ2) is 15.3. The van der Waals surface area contributed by atoms with Crippen molar-refractivity contribution < 1.29 is 27.3 Å². The SMILES string of the molecule is CO[Si](OC)(OC)OC.N=C=O.N=C=O. The molecule has 0 aromatic rings. The van der Waals surface area contributed by atoms with Crippen LogP contribution in [0.5, 0.6) is 0 Å². The van der Waals surface area contributed by atoms with E-state index in [2.05, 4.69) is 0 Å². The summed E-state index contributed by atoms with van der Waals surface area (Å²) in [5.41, 5.74) is 0. The molecule has 0 rings (SSSR count). The van der Waals surface area contributed by atoms with Crippen LogP contribution in [0.15, 0.2) is 0 Å². The summed E-state index contributed by atoms with van der Waals surface area (Å²) >= 11 is 0. The Labute approximate surface area is 88.6 Å². The molecule has 2 N–H and O–H groups in total. The van der Waals surface area contributed by atoms with Gasteiger partial charge in [0.05, 0.1) is 0 Å². The van der Waals surface area contributed by atoms with Crippen molar-refractivity contribution in [1.82, 2.24) is 0 Å². The molecule has 0 aliphatic rings. The molecule has 0 unspecified atom stereocenters. The maximum atomic E-state index is 8.35. The van der Waals surface area contributed by atoms with Gasteiger partial charge in [0.2, 0.25) is 12.2 Å². The summed E-state index contributed by atoms with van der Waals surface area (Å²) in [5, 5.41) is 10.8. The number of rotatable bonds is 4. The largest absolute Gasteiger partial charge is 0.678 e. The summed E-state index contributed by atoms with van der Waals surface area (Å²) in [4.78, 5) is 16.7. The summed E-state index contributed by atoms with van der Waals surface area (Å²) in [6.07, 6.45) is 1.50. The average molecular weight is 238 g/mol. The highest BCUT2D eigenvalue weighted by Gasteiger charge is 2.40. The smallest absolute Gasteiger partial charge is 0.355 e. The molecule has 0 spiro atoms. The number of isocyanates is 2. The highest BCUT2D eigenvalue weighted by molar-refractivity contribution is 6.53. The van der Waals surface area contributed by atoms with E-state index in [1.807, 2.05) is 0 Å². The Morgan fingerprint density at radius 2 is 0.933 bits per heavy atom. The van der Waals surface area contributed by atoms with Crippen LogP contribution >= 0.6 is 0 Å². The third kappa shape index (κ3) is 12.8. The van der Waals surface area contributed by atoms with Crippen molar-refractivity contribution >= 4 is 21.2 Å². The number of hydrogen-bond donors (Lipinski definition) is 2. The molecule has 0 amide bonds. The molecular formula is C6H14N2O6Si. The van der Waals surface area contributed by atoms with Gasteiger partial charge in [-0.25, -0.2) is 20.4 Å². The number of nitrogens with one attached hydrogen (secondary N) is 2. The topological polar surface area (TPSA) is 119 Å². The number of carbonyl (C=O) groups excluding carboxylic acids is 2. The minimum atomic E-state index is -2.69. The van der Waals surface area contributed by atoms with E-state index in [1.54, 1.807) is 0 Å². The third-order valence-corrected chi connectivity index (χ3v) is 3.00. The fraction of sp³-hybridized carbons (Fsp3) is 0.667. The van der Waals surface area contributed by atoms with Crippen LogP contribution in [-0.4, -0.2) is 49.6 Å². The van der Waals surface area contributed by atoms with E-state index in [0.29, 0.717) is 0 Å². The Hall–Kier alpha value is -1.18. The lowest BCUT2D eigenvalue weighted by atomic mass is 11.7. The predicted molar refractivity (Wildman–Crippen MR) is 50.6 cm³/mol. The van der Waals surface area contributed by atoms with Gasteiger partial charge in [-0.3, -0.25) is 0 Å². The Morgan fingerprint density at radius 1 is 0.800 bits per heavy atom. The first-order valence-electron chi connectivity index (χ1n) is 3.36. The van der Waals surface area contributed by atoms with Crippen molar-refractivity contribution in [1.29, 1.82) is 10.8 Å². The summed E-state index contributed by atoms with van der Waals surface area (Å²) in [7, 11) is 3.26. The zero-order valence-corrected chi connectivity index (χ0v) is 9.95. The van der Waals surface area contributed by atoms with Crippen LogP contribution in [0.2, 0.25) is 0 Å². The first-order chi connectivity index (χ1) is 7.07. The van der Waals surface area contributed by atoms with Crippen molar-refractivity contribution in [2.24, 2.45) is 0 Å². The second-order valence-electron chi connectivity index (χ2n) is 1.52. The van der Waals surface area contributed by atoms with Crippen LogP contribution in [0.3, 0.4) is 0 Å². The molecule has 0 aliphatic carbocycles. The molecule has 88 valence electrons. The Kier molecular flexibility index (Phi) is 19.8. The van der Waals surface area contributed by atoms with Crippen molar-refractivity contribution in [2.75, 3.05) is 28.4 Å². The van der Waals surface area contributed by atoms with E-state index in [1.165, 1.54) is 28.4 Å². The first-order valence-corrected chi connectivity index (χ1v) is 4.99. The monoisotopic (exact) mass is 238 g/mol. The van der Waals surface area contributed by atoms with Gasteiger partial charge >= 0.3 is 9.05 Å². The van der Waals surface area contributed by atoms with E-state index in [4.69, 9.17) is 38.1 Å². The van der Waals surface area contributed by atoms with Crippen LogP contribution in [0, 0.1) is 10.8 Å². The van der Waals surface area contributed by atoms with Gasteiger partial charge in [0.15, 0.2) is 0 Å². The van der Waals surface area contributed by atoms with E-state index in [0.717, 1.165) is 12.2 Å². The van der Waals surface area contributed by atoms with Gasteiger partial charge in [-0.2, -0.15) is 0 Å². The molecule has 0 atom stereocenters. The fourth-order valence-electron chi connectivity index (χ4n) is 0.500. The Balaban J connectivity index is -0.000000200. The van der Waals surface area contributed by atoms with Gasteiger partial charge < -0.3 is 17.7 Å². The molecule has 0 fully saturated rings. The molecule has 0 aromatic heterocycles. The molecule has 0 aliphatic heterocycles. The average Bonchev–Trinajstić information content (AvgIpc) is 2.24. The predicted octanol–water partition coefficient (Wildman–Crippen LogP) is -0.190. The quantitative estimate of drug-likeness (QED) is 0.398. The minimum Gasteiger partial charge on any atom is -0.355 e. The third-order valence-electron chi connectivity index (χ3n) is 1.00. The molecule has 8 nitrogen and oxygen atoms in total. The van der Waals surface area contributed by atoms with Crippen LogP contribution < -0.4 is 0 Å². The van der Waals surface area contributed by atoms with E-state index >= 15 is 0 Å². The summed E-state index contributed by atoms with van der Waals surface area (Å²) in [5.74, 6) is 0. The Morgan fingerprint density at radius 3 is 0.933 bits per heavy atom. The molecular weight excluding hydrogens is 224 g/mol. The first kappa shape index (κ1) is 19.4. The standard InChI is InChI=1S/C4H12O4Si.2CHNO/c1-5-9(6-2,7-3)8-4;2*2-1-3/h1-4H3;2*2H. The molecule has 0 saturated carbocycles. The lowest BCUT2D eigenvalue weighted by molar-refractivity contribution is 0.0226. The Bertz CT molecular complexity index is 166. The van der Waals surface area contributed by atoms with Crippen molar-refractivity contribution in [3.05, 3.63) is 0 Å². The lowest BCUT2D eigenvalue weighted by Crippen LogP contribution is -2.45. The summed E-state index contributed by atoms with van der Waals surface area (Å²) in [6.45, 7) is 0. The zero-order valence-electron chi connectivity index (χ0n) is 8.95. The number of hydrogen-bond acceptors (Lipinski definition) is 8. The second-order valence-corrected chi connectivity index (χ2v) is 4.15. The lowest BCUT2D eigenvalue weighted by Gasteiger charge is -2.19. The minimum absolute atomic E-state index is 0.750. The molecule has 0 bridgehead atoms.